The van der Waals surface area contributed by atoms with Gasteiger partial charge in [-0.15, -0.1) is 11.3 Å². The van der Waals surface area contributed by atoms with Crippen LogP contribution in [0.4, 0.5) is 11.4 Å². The first-order valence-electron chi connectivity index (χ1n) is 11.5. The quantitative estimate of drug-likeness (QED) is 0.244. The van der Waals surface area contributed by atoms with Gasteiger partial charge in [0, 0.05) is 25.8 Å². The van der Waals surface area contributed by atoms with Crippen LogP contribution in [0.2, 0.25) is 10.0 Å². The van der Waals surface area contributed by atoms with Gasteiger partial charge in [0.25, 0.3) is 0 Å². The fraction of sp³-hybridized carbons (Fsp3) is 0.154. The van der Waals surface area contributed by atoms with Crippen molar-refractivity contribution in [2.24, 2.45) is 5.92 Å². The highest BCUT2D eigenvalue weighted by molar-refractivity contribution is 9.10. The van der Waals surface area contributed by atoms with Crippen LogP contribution in [-0.2, 0) is 20.9 Å². The lowest BCUT2D eigenvalue weighted by Gasteiger charge is -2.29. The van der Waals surface area contributed by atoms with Gasteiger partial charge in [0.05, 0.1) is 26.7 Å². The monoisotopic (exact) mass is 679 g/mol. The summed E-state index contributed by atoms with van der Waals surface area (Å²) in [6.07, 6.45) is 0. The number of nitrogens with zero attached hydrogens (tertiary/aromatic N) is 2. The van der Waals surface area contributed by atoms with Crippen LogP contribution in [0.3, 0.4) is 0 Å². The SMILES string of the molecule is O=C(Cn1c2c(sc1=O)C(c1cccs1)C1C(=O)N(c3ccc(Br)cc3)C(=O)C1S2)Nc1ccc(Cl)c(Cl)c1. The molecular formula is C26H16BrCl2N3O4S3. The Morgan fingerprint density at radius 3 is 2.46 bits per heavy atom. The summed E-state index contributed by atoms with van der Waals surface area (Å²) in [5.41, 5.74) is 0.937. The third-order valence-electron chi connectivity index (χ3n) is 6.49. The smallest absolute Gasteiger partial charge is 0.308 e. The first-order chi connectivity index (χ1) is 18.7. The van der Waals surface area contributed by atoms with Crippen molar-refractivity contribution in [2.45, 2.75) is 22.7 Å². The van der Waals surface area contributed by atoms with E-state index in [0.717, 1.165) is 20.7 Å². The lowest BCUT2D eigenvalue weighted by molar-refractivity contribution is -0.122. The Morgan fingerprint density at radius 2 is 1.77 bits per heavy atom. The average molecular weight is 681 g/mol. The second-order valence-corrected chi connectivity index (χ2v) is 13.7. The van der Waals surface area contributed by atoms with E-state index in [1.54, 1.807) is 36.4 Å². The van der Waals surface area contributed by atoms with Gasteiger partial charge in [-0.2, -0.15) is 0 Å². The minimum atomic E-state index is -0.737. The van der Waals surface area contributed by atoms with Gasteiger partial charge >= 0.3 is 4.87 Å². The number of thioether (sulfide) groups is 1. The highest BCUT2D eigenvalue weighted by atomic mass is 79.9. The third-order valence-corrected chi connectivity index (χ3v) is 11.3. The van der Waals surface area contributed by atoms with Gasteiger partial charge in [0.1, 0.15) is 11.8 Å². The minimum absolute atomic E-state index is 0.259. The van der Waals surface area contributed by atoms with Gasteiger partial charge in [0.2, 0.25) is 17.7 Å². The summed E-state index contributed by atoms with van der Waals surface area (Å²) < 4.78 is 2.22. The topological polar surface area (TPSA) is 88.5 Å². The van der Waals surface area contributed by atoms with E-state index in [-0.39, 0.29) is 23.2 Å². The van der Waals surface area contributed by atoms with E-state index in [2.05, 4.69) is 21.2 Å². The number of amides is 3. The molecule has 0 saturated carbocycles. The first-order valence-corrected chi connectivity index (χ1v) is 15.7. The molecule has 2 aliphatic heterocycles. The van der Waals surface area contributed by atoms with Crippen molar-refractivity contribution in [3.8, 4) is 0 Å². The predicted octanol–water partition coefficient (Wildman–Crippen LogP) is 6.48. The molecule has 3 unspecified atom stereocenters. The Bertz CT molecular complexity index is 1690. The zero-order valence-corrected chi connectivity index (χ0v) is 25.1. The number of hydrogen-bond donors (Lipinski definition) is 1. The molecule has 13 heteroatoms. The second-order valence-electron chi connectivity index (χ2n) is 8.85. The van der Waals surface area contributed by atoms with Crippen molar-refractivity contribution >= 4 is 103 Å². The fourth-order valence-corrected chi connectivity index (χ4v) is 9.08. The molecule has 1 N–H and O–H groups in total. The van der Waals surface area contributed by atoms with E-state index in [9.17, 15) is 19.2 Å². The van der Waals surface area contributed by atoms with Crippen molar-refractivity contribution in [2.75, 3.05) is 10.2 Å². The van der Waals surface area contributed by atoms with Crippen molar-refractivity contribution in [1.82, 2.24) is 4.57 Å². The van der Waals surface area contributed by atoms with Crippen molar-refractivity contribution in [3.63, 3.8) is 0 Å². The number of halogens is 3. The maximum absolute atomic E-state index is 13.8. The molecule has 198 valence electrons. The average Bonchev–Trinajstić information content (AvgIpc) is 3.60. The highest BCUT2D eigenvalue weighted by Crippen LogP contribution is 2.54. The number of fused-ring (bicyclic) bond motifs is 2. The Morgan fingerprint density at radius 1 is 1.00 bits per heavy atom. The van der Waals surface area contributed by atoms with E-state index in [4.69, 9.17) is 23.2 Å². The molecule has 39 heavy (non-hydrogen) atoms. The summed E-state index contributed by atoms with van der Waals surface area (Å²) >= 11 is 19.1. The lowest BCUT2D eigenvalue weighted by Crippen LogP contribution is -2.32. The Hall–Kier alpha value is -2.41. The number of carbonyl (C=O) groups excluding carboxylic acids is 3. The van der Waals surface area contributed by atoms with Gasteiger partial charge in [-0.3, -0.25) is 23.7 Å². The van der Waals surface area contributed by atoms with Crippen LogP contribution in [0, 0.1) is 5.92 Å². The second kappa shape index (κ2) is 10.5. The predicted molar refractivity (Wildman–Crippen MR) is 160 cm³/mol. The van der Waals surface area contributed by atoms with Crippen LogP contribution in [0.25, 0.3) is 0 Å². The van der Waals surface area contributed by atoms with Crippen molar-refractivity contribution in [1.29, 1.82) is 0 Å². The summed E-state index contributed by atoms with van der Waals surface area (Å²) in [4.78, 5) is 56.1. The number of hydrogen-bond acceptors (Lipinski definition) is 7. The zero-order chi connectivity index (χ0) is 27.4. The van der Waals surface area contributed by atoms with Crippen LogP contribution < -0.4 is 15.1 Å². The molecule has 4 heterocycles. The number of nitrogens with one attached hydrogen (secondary N) is 1. The third kappa shape index (κ3) is 4.79. The number of anilines is 2. The number of carbonyl (C=O) groups is 3. The molecule has 2 aromatic carbocycles. The highest BCUT2D eigenvalue weighted by Gasteiger charge is 2.57. The molecule has 7 nitrogen and oxygen atoms in total. The van der Waals surface area contributed by atoms with Crippen LogP contribution in [0.1, 0.15) is 15.7 Å². The normalized spacial score (nSPS) is 20.2. The number of imide groups is 1. The maximum Gasteiger partial charge on any atom is 0.308 e. The van der Waals surface area contributed by atoms with E-state index in [1.165, 1.54) is 38.6 Å². The van der Waals surface area contributed by atoms with Crippen molar-refractivity contribution in [3.05, 3.63) is 93.9 Å². The summed E-state index contributed by atoms with van der Waals surface area (Å²) in [6, 6.07) is 15.5. The fourth-order valence-electron chi connectivity index (χ4n) is 4.79. The number of thiophene rings is 1. The zero-order valence-electron chi connectivity index (χ0n) is 19.6. The number of aromatic nitrogens is 1. The van der Waals surface area contributed by atoms with Gasteiger partial charge in [-0.1, -0.05) is 68.3 Å². The maximum atomic E-state index is 13.8. The van der Waals surface area contributed by atoms with Gasteiger partial charge in [-0.25, -0.2) is 4.90 Å². The molecule has 2 aromatic heterocycles. The number of benzene rings is 2. The Labute approximate surface area is 252 Å². The summed E-state index contributed by atoms with van der Waals surface area (Å²) in [5, 5.41) is 5.09. The Kier molecular flexibility index (Phi) is 7.23. The molecule has 1 saturated heterocycles. The molecule has 3 atom stereocenters. The van der Waals surface area contributed by atoms with E-state index >= 15 is 0 Å². The number of rotatable bonds is 5. The summed E-state index contributed by atoms with van der Waals surface area (Å²) in [7, 11) is 0. The van der Waals surface area contributed by atoms with Crippen LogP contribution in [-0.4, -0.2) is 27.5 Å². The Balaban J connectivity index is 1.37. The van der Waals surface area contributed by atoms with Crippen molar-refractivity contribution < 1.29 is 14.4 Å². The molecule has 2 aliphatic rings. The van der Waals surface area contributed by atoms with Gasteiger partial charge in [0.15, 0.2) is 0 Å². The van der Waals surface area contributed by atoms with Crippen LogP contribution >= 0.6 is 73.6 Å². The lowest BCUT2D eigenvalue weighted by atomic mass is 9.87. The molecule has 4 aromatic rings. The molecule has 0 bridgehead atoms. The minimum Gasteiger partial charge on any atom is -0.324 e. The molecule has 0 radical (unpaired) electrons. The molecule has 6 rings (SSSR count). The standard InChI is InChI=1S/C26H16BrCl2N3O4S3/c27-12-3-6-14(7-4-12)32-23(34)20-19(17-2-1-9-37-17)22-25(38-21(20)24(32)35)31(26(36)39-22)11-18(33)30-13-5-8-15(28)16(29)10-13/h1-10,19-21H,11H2,(H,30,33). The van der Waals surface area contributed by atoms with Crippen LogP contribution in [0.5, 0.6) is 0 Å². The van der Waals surface area contributed by atoms with Gasteiger partial charge in [-0.05, 0) is 53.9 Å². The van der Waals surface area contributed by atoms with Crippen LogP contribution in [0.15, 0.2) is 74.3 Å². The molecular weight excluding hydrogens is 665 g/mol. The van der Waals surface area contributed by atoms with E-state index in [0.29, 0.717) is 31.3 Å². The molecule has 0 aliphatic carbocycles. The first kappa shape index (κ1) is 26.8. The number of thiazole rings is 1. The summed E-state index contributed by atoms with van der Waals surface area (Å²) in [6.45, 7) is -0.259. The molecule has 1 fully saturated rings. The van der Waals surface area contributed by atoms with E-state index in [1.807, 2.05) is 17.5 Å². The molecule has 0 spiro atoms. The largest absolute Gasteiger partial charge is 0.324 e. The van der Waals surface area contributed by atoms with E-state index < -0.39 is 23.0 Å². The summed E-state index contributed by atoms with van der Waals surface area (Å²) in [5.74, 6) is -2.21. The van der Waals surface area contributed by atoms with Gasteiger partial charge < -0.3 is 5.32 Å². The molecule has 3 amide bonds.